The third-order valence-corrected chi connectivity index (χ3v) is 4.33. The third-order valence-electron chi connectivity index (χ3n) is 3.59. The van der Waals surface area contributed by atoms with Crippen molar-refractivity contribution >= 4 is 45.9 Å². The van der Waals surface area contributed by atoms with Gasteiger partial charge in [-0.1, -0.05) is 41.4 Å². The molecule has 114 valence electrons. The van der Waals surface area contributed by atoms with Gasteiger partial charge in [-0.25, -0.2) is 4.98 Å². The molecule has 1 aromatic heterocycles. The Bertz CT molecular complexity index is 949. The van der Waals surface area contributed by atoms with Crippen LogP contribution in [0.1, 0.15) is 18.3 Å². The van der Waals surface area contributed by atoms with Crippen LogP contribution in [0, 0.1) is 11.3 Å². The molecular weight excluding hydrogens is 329 g/mol. The predicted octanol–water partition coefficient (Wildman–Crippen LogP) is 5.43. The highest BCUT2D eigenvalue weighted by Gasteiger charge is 2.13. The van der Waals surface area contributed by atoms with Gasteiger partial charge >= 0.3 is 0 Å². The number of fused-ring (bicyclic) bond motifs is 1. The van der Waals surface area contributed by atoms with Crippen LogP contribution < -0.4 is 0 Å². The second-order valence-corrected chi connectivity index (χ2v) is 5.83. The largest absolute Gasteiger partial charge is 0.324 e. The van der Waals surface area contributed by atoms with E-state index in [0.29, 0.717) is 21.4 Å². The summed E-state index contributed by atoms with van der Waals surface area (Å²) < 4.78 is 2.03. The highest BCUT2D eigenvalue weighted by atomic mass is 35.5. The summed E-state index contributed by atoms with van der Waals surface area (Å²) in [6, 6.07) is 15.4. The molecule has 0 N–H and O–H groups in total. The molecule has 3 aromatic rings. The van der Waals surface area contributed by atoms with Crippen LogP contribution in [0.5, 0.6) is 0 Å². The van der Waals surface area contributed by atoms with Gasteiger partial charge in [-0.3, -0.25) is 0 Å². The van der Waals surface area contributed by atoms with Crippen molar-refractivity contribution in [3.8, 4) is 6.07 Å². The zero-order chi connectivity index (χ0) is 16.4. The van der Waals surface area contributed by atoms with E-state index in [4.69, 9.17) is 23.2 Å². The molecule has 0 atom stereocenters. The first kappa shape index (κ1) is 15.6. The molecule has 0 saturated carbocycles. The standard InChI is InChI=1S/C18H13Cl2N3/c1-2-23-17-6-4-3-5-16(17)22-18(23)13(11-21)9-12-7-8-14(19)15(20)10-12/h3-10H,2H2,1H3/b13-9-. The maximum absolute atomic E-state index is 9.58. The fourth-order valence-corrected chi connectivity index (χ4v) is 2.82. The third kappa shape index (κ3) is 2.96. The molecule has 0 aliphatic carbocycles. The van der Waals surface area contributed by atoms with E-state index in [2.05, 4.69) is 11.1 Å². The molecule has 0 saturated heterocycles. The van der Waals surface area contributed by atoms with Crippen LogP contribution >= 0.6 is 23.2 Å². The number of nitriles is 1. The molecule has 0 aliphatic rings. The quantitative estimate of drug-likeness (QED) is 0.596. The van der Waals surface area contributed by atoms with E-state index in [9.17, 15) is 5.26 Å². The SMILES string of the molecule is CCn1c(/C(C#N)=C\c2ccc(Cl)c(Cl)c2)nc2ccccc21. The summed E-state index contributed by atoms with van der Waals surface area (Å²) in [5.41, 5.74) is 3.19. The van der Waals surface area contributed by atoms with E-state index < -0.39 is 0 Å². The summed E-state index contributed by atoms with van der Waals surface area (Å²) in [6.07, 6.45) is 1.77. The fraction of sp³-hybridized carbons (Fsp3) is 0.111. The summed E-state index contributed by atoms with van der Waals surface area (Å²) >= 11 is 12.0. The number of hydrogen-bond donors (Lipinski definition) is 0. The number of benzene rings is 2. The van der Waals surface area contributed by atoms with Crippen LogP contribution in [0.3, 0.4) is 0 Å². The maximum Gasteiger partial charge on any atom is 0.151 e. The Kier molecular flexibility index (Phi) is 4.38. The molecule has 3 nitrogen and oxygen atoms in total. The monoisotopic (exact) mass is 341 g/mol. The minimum Gasteiger partial charge on any atom is -0.324 e. The van der Waals surface area contributed by atoms with Gasteiger partial charge in [0.1, 0.15) is 6.07 Å². The number of rotatable bonds is 3. The normalized spacial score (nSPS) is 11.7. The van der Waals surface area contributed by atoms with Gasteiger partial charge in [0.2, 0.25) is 0 Å². The van der Waals surface area contributed by atoms with E-state index in [1.54, 1.807) is 18.2 Å². The summed E-state index contributed by atoms with van der Waals surface area (Å²) in [6.45, 7) is 2.77. The molecule has 5 heteroatoms. The molecular formula is C18H13Cl2N3. The summed E-state index contributed by atoms with van der Waals surface area (Å²) in [4.78, 5) is 4.60. The fourth-order valence-electron chi connectivity index (χ4n) is 2.52. The van der Waals surface area contributed by atoms with Gasteiger partial charge in [-0.2, -0.15) is 5.26 Å². The second-order valence-electron chi connectivity index (χ2n) is 5.01. The van der Waals surface area contributed by atoms with Crippen LogP contribution in [0.4, 0.5) is 0 Å². The minimum absolute atomic E-state index is 0.460. The Hall–Kier alpha value is -2.28. The predicted molar refractivity (Wildman–Crippen MR) is 95.4 cm³/mol. The number of imidazole rings is 1. The van der Waals surface area contributed by atoms with E-state index >= 15 is 0 Å². The Morgan fingerprint density at radius 1 is 1.22 bits per heavy atom. The van der Waals surface area contributed by atoms with Gasteiger partial charge in [0.25, 0.3) is 0 Å². The lowest BCUT2D eigenvalue weighted by atomic mass is 10.1. The lowest BCUT2D eigenvalue weighted by Crippen LogP contribution is -2.00. The van der Waals surface area contributed by atoms with Crippen molar-refractivity contribution in [1.29, 1.82) is 5.26 Å². The maximum atomic E-state index is 9.58. The topological polar surface area (TPSA) is 41.6 Å². The van der Waals surface area contributed by atoms with E-state index in [1.165, 1.54) is 0 Å². The second kappa shape index (κ2) is 6.45. The molecule has 0 spiro atoms. The van der Waals surface area contributed by atoms with Crippen molar-refractivity contribution in [3.05, 3.63) is 63.9 Å². The van der Waals surface area contributed by atoms with Crippen molar-refractivity contribution in [2.24, 2.45) is 0 Å². The van der Waals surface area contributed by atoms with Crippen molar-refractivity contribution in [1.82, 2.24) is 9.55 Å². The lowest BCUT2D eigenvalue weighted by Gasteiger charge is -2.05. The molecule has 0 bridgehead atoms. The summed E-state index contributed by atoms with van der Waals surface area (Å²) in [5.74, 6) is 0.655. The molecule has 3 rings (SSSR count). The molecule has 0 fully saturated rings. The van der Waals surface area contributed by atoms with Gasteiger partial charge in [0, 0.05) is 6.54 Å². The smallest absolute Gasteiger partial charge is 0.151 e. The number of allylic oxidation sites excluding steroid dienone is 1. The molecule has 0 aliphatic heterocycles. The average molecular weight is 342 g/mol. The number of hydrogen-bond acceptors (Lipinski definition) is 2. The van der Waals surface area contributed by atoms with Gasteiger partial charge in [0.05, 0.1) is 26.7 Å². The average Bonchev–Trinajstić information content (AvgIpc) is 2.94. The molecule has 1 heterocycles. The van der Waals surface area contributed by atoms with Gasteiger partial charge in [-0.05, 0) is 42.8 Å². The van der Waals surface area contributed by atoms with Crippen LogP contribution in [-0.4, -0.2) is 9.55 Å². The molecule has 0 amide bonds. The lowest BCUT2D eigenvalue weighted by molar-refractivity contribution is 0.775. The molecule has 2 aromatic carbocycles. The van der Waals surface area contributed by atoms with E-state index in [1.807, 2.05) is 41.8 Å². The number of nitrogens with zero attached hydrogens (tertiary/aromatic N) is 3. The number of aromatic nitrogens is 2. The molecule has 0 radical (unpaired) electrons. The Labute approximate surface area is 144 Å². The van der Waals surface area contributed by atoms with Gasteiger partial charge < -0.3 is 4.57 Å². The molecule has 23 heavy (non-hydrogen) atoms. The highest BCUT2D eigenvalue weighted by Crippen LogP contribution is 2.26. The van der Waals surface area contributed by atoms with Crippen LogP contribution in [-0.2, 0) is 6.54 Å². The van der Waals surface area contributed by atoms with Crippen LogP contribution in [0.25, 0.3) is 22.7 Å². The first-order valence-corrected chi connectivity index (χ1v) is 7.92. The van der Waals surface area contributed by atoms with Gasteiger partial charge in [0.15, 0.2) is 5.82 Å². The summed E-state index contributed by atoms with van der Waals surface area (Å²) in [5, 5.41) is 10.5. The zero-order valence-electron chi connectivity index (χ0n) is 12.4. The number of aryl methyl sites for hydroxylation is 1. The Morgan fingerprint density at radius 2 is 2.00 bits per heavy atom. The highest BCUT2D eigenvalue weighted by molar-refractivity contribution is 6.42. The van der Waals surface area contributed by atoms with Crippen molar-refractivity contribution in [2.45, 2.75) is 13.5 Å². The Balaban J connectivity index is 2.16. The molecule has 0 unspecified atom stereocenters. The number of halogens is 2. The zero-order valence-corrected chi connectivity index (χ0v) is 13.9. The van der Waals surface area contributed by atoms with Crippen LogP contribution in [0.2, 0.25) is 10.0 Å². The number of para-hydroxylation sites is 2. The summed E-state index contributed by atoms with van der Waals surface area (Å²) in [7, 11) is 0. The van der Waals surface area contributed by atoms with Gasteiger partial charge in [-0.15, -0.1) is 0 Å². The minimum atomic E-state index is 0.460. The van der Waals surface area contributed by atoms with E-state index in [-0.39, 0.29) is 0 Å². The van der Waals surface area contributed by atoms with Crippen LogP contribution in [0.15, 0.2) is 42.5 Å². The van der Waals surface area contributed by atoms with E-state index in [0.717, 1.165) is 23.1 Å². The first-order valence-electron chi connectivity index (χ1n) is 7.16. The first-order chi connectivity index (χ1) is 11.1. The van der Waals surface area contributed by atoms with Crippen molar-refractivity contribution in [2.75, 3.05) is 0 Å². The van der Waals surface area contributed by atoms with Crippen molar-refractivity contribution in [3.63, 3.8) is 0 Å². The van der Waals surface area contributed by atoms with Crippen molar-refractivity contribution < 1.29 is 0 Å². The Morgan fingerprint density at radius 3 is 2.70 bits per heavy atom.